The van der Waals surface area contributed by atoms with Gasteiger partial charge in [-0.15, -0.1) is 10.2 Å². The molecule has 0 aliphatic rings. The normalized spacial score (nSPS) is 10.4. The molecule has 0 aliphatic heterocycles. The number of ether oxygens (including phenoxy) is 1. The summed E-state index contributed by atoms with van der Waals surface area (Å²) in [4.78, 5) is 10.4. The zero-order chi connectivity index (χ0) is 15.4. The Balaban J connectivity index is 2.49. The van der Waals surface area contributed by atoms with Crippen molar-refractivity contribution in [3.8, 4) is 17.1 Å². The van der Waals surface area contributed by atoms with Crippen LogP contribution in [0.15, 0.2) is 18.2 Å². The van der Waals surface area contributed by atoms with Gasteiger partial charge in [-0.25, -0.2) is 0 Å². The van der Waals surface area contributed by atoms with Crippen LogP contribution in [0.4, 0.5) is 11.6 Å². The van der Waals surface area contributed by atoms with Crippen LogP contribution in [0.3, 0.4) is 0 Å². The zero-order valence-electron chi connectivity index (χ0n) is 12.2. The van der Waals surface area contributed by atoms with Crippen LogP contribution < -0.4 is 10.1 Å². The van der Waals surface area contributed by atoms with Crippen molar-refractivity contribution < 1.29 is 9.66 Å². The Morgan fingerprint density at radius 2 is 2.14 bits per heavy atom. The molecular formula is C13H17N5O3. The van der Waals surface area contributed by atoms with Crippen LogP contribution in [0, 0.1) is 10.1 Å². The summed E-state index contributed by atoms with van der Waals surface area (Å²) in [5, 5.41) is 22.3. The number of nitrogens with zero attached hydrogens (tertiary/aromatic N) is 4. The second-order valence-corrected chi connectivity index (χ2v) is 4.27. The van der Waals surface area contributed by atoms with Gasteiger partial charge >= 0.3 is 5.69 Å². The van der Waals surface area contributed by atoms with Gasteiger partial charge in [-0.1, -0.05) is 0 Å². The van der Waals surface area contributed by atoms with Crippen LogP contribution >= 0.6 is 0 Å². The molecule has 8 heteroatoms. The lowest BCUT2D eigenvalue weighted by Crippen LogP contribution is -2.07. The van der Waals surface area contributed by atoms with Crippen LogP contribution in [0.2, 0.25) is 0 Å². The van der Waals surface area contributed by atoms with Crippen molar-refractivity contribution in [1.29, 1.82) is 0 Å². The standard InChI is InChI=1S/C13H17N5O3/c1-4-14-13-16-15-12(17(13)5-2)9-6-7-10(18(19)20)11(8-9)21-3/h6-8H,4-5H2,1-3H3,(H,14,16). The molecule has 0 bridgehead atoms. The van der Waals surface area contributed by atoms with E-state index >= 15 is 0 Å². The largest absolute Gasteiger partial charge is 0.490 e. The maximum atomic E-state index is 10.9. The fourth-order valence-electron chi connectivity index (χ4n) is 2.07. The predicted molar refractivity (Wildman–Crippen MR) is 78.5 cm³/mol. The van der Waals surface area contributed by atoms with Crippen LogP contribution in [0.5, 0.6) is 5.75 Å². The molecule has 2 aromatic rings. The topological polar surface area (TPSA) is 95.1 Å². The zero-order valence-corrected chi connectivity index (χ0v) is 12.2. The van der Waals surface area contributed by atoms with Crippen molar-refractivity contribution in [3.05, 3.63) is 28.3 Å². The van der Waals surface area contributed by atoms with E-state index in [1.165, 1.54) is 13.2 Å². The van der Waals surface area contributed by atoms with Crippen LogP contribution in [0.1, 0.15) is 13.8 Å². The number of nitrogens with one attached hydrogen (secondary N) is 1. The molecule has 0 amide bonds. The van der Waals surface area contributed by atoms with Crippen LogP contribution in [-0.2, 0) is 6.54 Å². The predicted octanol–water partition coefficient (Wildman–Crippen LogP) is 2.31. The van der Waals surface area contributed by atoms with E-state index in [-0.39, 0.29) is 11.4 Å². The summed E-state index contributed by atoms with van der Waals surface area (Å²) in [6.45, 7) is 5.38. The summed E-state index contributed by atoms with van der Waals surface area (Å²) in [5.41, 5.74) is 0.645. The highest BCUT2D eigenvalue weighted by Gasteiger charge is 2.18. The molecule has 1 N–H and O–H groups in total. The number of rotatable bonds is 6. The molecule has 0 unspecified atom stereocenters. The first-order chi connectivity index (χ1) is 10.1. The first kappa shape index (κ1) is 14.8. The van der Waals surface area contributed by atoms with Crippen molar-refractivity contribution in [1.82, 2.24) is 14.8 Å². The minimum absolute atomic E-state index is 0.0734. The Labute approximate surface area is 121 Å². The Kier molecular flexibility index (Phi) is 4.36. The number of anilines is 1. The molecule has 1 aromatic carbocycles. The molecule has 0 fully saturated rings. The van der Waals surface area contributed by atoms with Gasteiger partial charge in [-0.3, -0.25) is 14.7 Å². The summed E-state index contributed by atoms with van der Waals surface area (Å²) in [7, 11) is 1.40. The SMILES string of the molecule is CCNc1nnc(-c2ccc([N+](=O)[O-])c(OC)c2)n1CC. The number of hydrogen-bond acceptors (Lipinski definition) is 6. The van der Waals surface area contributed by atoms with Crippen molar-refractivity contribution >= 4 is 11.6 Å². The Bertz CT molecular complexity index is 653. The number of nitro benzene ring substituents is 1. The molecular weight excluding hydrogens is 274 g/mol. The molecule has 2 rings (SSSR count). The third-order valence-corrected chi connectivity index (χ3v) is 3.04. The number of aromatic nitrogens is 3. The van der Waals surface area contributed by atoms with Crippen molar-refractivity contribution in [2.24, 2.45) is 0 Å². The highest BCUT2D eigenvalue weighted by molar-refractivity contribution is 5.64. The van der Waals surface area contributed by atoms with E-state index < -0.39 is 4.92 Å². The molecule has 0 radical (unpaired) electrons. The van der Waals surface area contributed by atoms with Crippen molar-refractivity contribution in [2.75, 3.05) is 19.0 Å². The maximum absolute atomic E-state index is 10.9. The van der Waals surface area contributed by atoms with Gasteiger partial charge in [0.05, 0.1) is 12.0 Å². The lowest BCUT2D eigenvalue weighted by atomic mass is 10.1. The summed E-state index contributed by atoms with van der Waals surface area (Å²) in [6.07, 6.45) is 0. The third-order valence-electron chi connectivity index (χ3n) is 3.04. The van der Waals surface area contributed by atoms with E-state index in [9.17, 15) is 10.1 Å². The van der Waals surface area contributed by atoms with Gasteiger partial charge in [0.15, 0.2) is 11.6 Å². The second kappa shape index (κ2) is 6.21. The Morgan fingerprint density at radius 3 is 2.71 bits per heavy atom. The second-order valence-electron chi connectivity index (χ2n) is 4.27. The molecule has 8 nitrogen and oxygen atoms in total. The van der Waals surface area contributed by atoms with Gasteiger partial charge in [-0.2, -0.15) is 0 Å². The van der Waals surface area contributed by atoms with Crippen LogP contribution in [-0.4, -0.2) is 33.3 Å². The van der Waals surface area contributed by atoms with Crippen LogP contribution in [0.25, 0.3) is 11.4 Å². The van der Waals surface area contributed by atoms with E-state index in [0.29, 0.717) is 18.3 Å². The van der Waals surface area contributed by atoms with Crippen molar-refractivity contribution in [2.45, 2.75) is 20.4 Å². The van der Waals surface area contributed by atoms with E-state index in [2.05, 4.69) is 15.5 Å². The van der Waals surface area contributed by atoms with Crippen molar-refractivity contribution in [3.63, 3.8) is 0 Å². The molecule has 0 saturated heterocycles. The highest BCUT2D eigenvalue weighted by atomic mass is 16.6. The fourth-order valence-corrected chi connectivity index (χ4v) is 2.07. The smallest absolute Gasteiger partial charge is 0.310 e. The summed E-state index contributed by atoms with van der Waals surface area (Å²) in [5.74, 6) is 1.52. The van der Waals surface area contributed by atoms with E-state index in [4.69, 9.17) is 4.74 Å². The highest BCUT2D eigenvalue weighted by Crippen LogP contribution is 2.32. The monoisotopic (exact) mass is 291 g/mol. The minimum Gasteiger partial charge on any atom is -0.490 e. The summed E-state index contributed by atoms with van der Waals surface area (Å²) < 4.78 is 6.99. The average molecular weight is 291 g/mol. The van der Waals surface area contributed by atoms with Gasteiger partial charge in [-0.05, 0) is 26.0 Å². The number of benzene rings is 1. The minimum atomic E-state index is -0.475. The Morgan fingerprint density at radius 1 is 1.38 bits per heavy atom. The first-order valence-electron chi connectivity index (χ1n) is 6.62. The maximum Gasteiger partial charge on any atom is 0.310 e. The summed E-state index contributed by atoms with van der Waals surface area (Å²) >= 11 is 0. The van der Waals surface area contributed by atoms with E-state index in [0.717, 1.165) is 12.1 Å². The average Bonchev–Trinajstić information content (AvgIpc) is 2.89. The van der Waals surface area contributed by atoms with E-state index in [1.807, 2.05) is 18.4 Å². The third kappa shape index (κ3) is 2.78. The van der Waals surface area contributed by atoms with Gasteiger partial charge in [0.1, 0.15) is 0 Å². The van der Waals surface area contributed by atoms with E-state index in [1.54, 1.807) is 12.1 Å². The number of hydrogen-bond donors (Lipinski definition) is 1. The number of nitro groups is 1. The lowest BCUT2D eigenvalue weighted by Gasteiger charge is -2.09. The molecule has 0 spiro atoms. The first-order valence-corrected chi connectivity index (χ1v) is 6.62. The van der Waals surface area contributed by atoms with Gasteiger partial charge in [0.25, 0.3) is 0 Å². The molecule has 21 heavy (non-hydrogen) atoms. The molecule has 1 aromatic heterocycles. The molecule has 1 heterocycles. The molecule has 0 aliphatic carbocycles. The quantitative estimate of drug-likeness (QED) is 0.648. The Hall–Kier alpha value is -2.64. The number of methoxy groups -OCH3 is 1. The van der Waals surface area contributed by atoms with Gasteiger partial charge in [0.2, 0.25) is 5.95 Å². The molecule has 0 atom stereocenters. The fraction of sp³-hybridized carbons (Fsp3) is 0.385. The van der Waals surface area contributed by atoms with Gasteiger partial charge < -0.3 is 10.1 Å². The summed E-state index contributed by atoms with van der Waals surface area (Å²) in [6, 6.07) is 4.66. The van der Waals surface area contributed by atoms with Gasteiger partial charge in [0, 0.05) is 24.7 Å². The molecule has 112 valence electrons. The molecule has 0 saturated carbocycles. The lowest BCUT2D eigenvalue weighted by molar-refractivity contribution is -0.385.